The molecular formula is C24H17ClN2O5. The van der Waals surface area contributed by atoms with Crippen LogP contribution in [0.15, 0.2) is 60.7 Å². The van der Waals surface area contributed by atoms with E-state index in [0.29, 0.717) is 22.0 Å². The summed E-state index contributed by atoms with van der Waals surface area (Å²) < 4.78 is 5.09. The van der Waals surface area contributed by atoms with Gasteiger partial charge in [0.2, 0.25) is 0 Å². The van der Waals surface area contributed by atoms with Crippen LogP contribution in [0, 0.1) is 6.92 Å². The van der Waals surface area contributed by atoms with E-state index in [-0.39, 0.29) is 16.7 Å². The van der Waals surface area contributed by atoms with Crippen molar-refractivity contribution in [3.8, 4) is 0 Å². The van der Waals surface area contributed by atoms with Crippen LogP contribution in [-0.4, -0.2) is 30.2 Å². The number of Topliss-reactive ketones (excluding diaryl/α,β-unsaturated/α-hetero) is 1. The van der Waals surface area contributed by atoms with Crippen LogP contribution >= 0.6 is 11.6 Å². The number of hydrogen-bond acceptors (Lipinski definition) is 6. The number of nitrogens with zero attached hydrogens (tertiary/aromatic N) is 1. The van der Waals surface area contributed by atoms with E-state index in [4.69, 9.17) is 22.1 Å². The Labute approximate surface area is 188 Å². The Balaban J connectivity index is 1.52. The molecule has 32 heavy (non-hydrogen) atoms. The van der Waals surface area contributed by atoms with Gasteiger partial charge in [-0.3, -0.25) is 14.4 Å². The number of fused-ring (bicyclic) bond motifs is 1. The largest absolute Gasteiger partial charge is 0.454 e. The molecule has 1 aliphatic heterocycles. The van der Waals surface area contributed by atoms with Gasteiger partial charge in [-0.2, -0.15) is 0 Å². The van der Waals surface area contributed by atoms with Gasteiger partial charge in [0.15, 0.2) is 12.4 Å². The van der Waals surface area contributed by atoms with Crippen molar-refractivity contribution in [2.75, 3.05) is 17.2 Å². The predicted octanol–water partition coefficient (Wildman–Crippen LogP) is 4.07. The molecule has 1 heterocycles. The number of aryl methyl sites for hydroxylation is 1. The third-order valence-electron chi connectivity index (χ3n) is 5.08. The number of nitrogen functional groups attached to an aromatic ring is 1. The summed E-state index contributed by atoms with van der Waals surface area (Å²) >= 11 is 6.13. The number of esters is 1. The van der Waals surface area contributed by atoms with Gasteiger partial charge in [-0.15, -0.1) is 0 Å². The van der Waals surface area contributed by atoms with E-state index in [1.807, 2.05) is 6.92 Å². The molecule has 2 N–H and O–H groups in total. The summed E-state index contributed by atoms with van der Waals surface area (Å²) in [4.78, 5) is 51.3. The summed E-state index contributed by atoms with van der Waals surface area (Å²) in [6.45, 7) is 1.32. The van der Waals surface area contributed by atoms with Crippen LogP contribution in [0.25, 0.3) is 0 Å². The van der Waals surface area contributed by atoms with E-state index in [1.54, 1.807) is 30.3 Å². The lowest BCUT2D eigenvalue weighted by Crippen LogP contribution is -2.29. The zero-order valence-corrected chi connectivity index (χ0v) is 17.7. The van der Waals surface area contributed by atoms with Crippen LogP contribution in [0.1, 0.15) is 47.0 Å². The average molecular weight is 449 g/mol. The third kappa shape index (κ3) is 3.86. The fraction of sp³-hybridized carbons (Fsp3) is 0.0833. The molecule has 0 saturated heterocycles. The number of benzene rings is 3. The lowest BCUT2D eigenvalue weighted by molar-refractivity contribution is 0.0474. The van der Waals surface area contributed by atoms with Crippen molar-refractivity contribution < 1.29 is 23.9 Å². The SMILES string of the molecule is Cc1ccc(N2C(=O)c3ccc(C(=O)OCC(=O)c4cccc(N)c4)cc3C2=O)cc1Cl. The lowest BCUT2D eigenvalue weighted by Gasteiger charge is -2.14. The first-order valence-electron chi connectivity index (χ1n) is 9.61. The van der Waals surface area contributed by atoms with Crippen molar-refractivity contribution in [2.45, 2.75) is 6.92 Å². The van der Waals surface area contributed by atoms with Crippen LogP contribution in [0.3, 0.4) is 0 Å². The van der Waals surface area contributed by atoms with Crippen LogP contribution in [-0.2, 0) is 4.74 Å². The molecule has 7 nitrogen and oxygen atoms in total. The van der Waals surface area contributed by atoms with Crippen molar-refractivity contribution in [1.82, 2.24) is 0 Å². The minimum atomic E-state index is -0.790. The highest BCUT2D eigenvalue weighted by molar-refractivity contribution is 6.36. The quantitative estimate of drug-likeness (QED) is 0.273. The summed E-state index contributed by atoms with van der Waals surface area (Å²) in [6, 6.07) is 15.3. The molecule has 0 atom stereocenters. The Morgan fingerprint density at radius 1 is 0.938 bits per heavy atom. The maximum Gasteiger partial charge on any atom is 0.338 e. The molecule has 0 aliphatic carbocycles. The normalized spacial score (nSPS) is 12.6. The zero-order chi connectivity index (χ0) is 23.0. The van der Waals surface area contributed by atoms with Crippen molar-refractivity contribution in [1.29, 1.82) is 0 Å². The molecule has 0 aromatic heterocycles. The number of amides is 2. The van der Waals surface area contributed by atoms with E-state index in [9.17, 15) is 19.2 Å². The Morgan fingerprint density at radius 3 is 2.41 bits per heavy atom. The number of carbonyl (C=O) groups is 4. The first kappa shape index (κ1) is 21.3. The van der Waals surface area contributed by atoms with Gasteiger partial charge in [0.25, 0.3) is 11.8 Å². The second kappa shape index (κ2) is 8.28. The molecule has 4 rings (SSSR count). The van der Waals surface area contributed by atoms with Gasteiger partial charge in [-0.05, 0) is 55.0 Å². The Kier molecular flexibility index (Phi) is 5.50. The molecule has 1 aliphatic rings. The number of hydrogen-bond donors (Lipinski definition) is 1. The number of halogens is 1. The third-order valence-corrected chi connectivity index (χ3v) is 5.49. The molecule has 160 valence electrons. The minimum Gasteiger partial charge on any atom is -0.454 e. The zero-order valence-electron chi connectivity index (χ0n) is 16.9. The van der Waals surface area contributed by atoms with E-state index < -0.39 is 30.2 Å². The number of imide groups is 1. The summed E-state index contributed by atoms with van der Waals surface area (Å²) in [5.74, 6) is -2.29. The van der Waals surface area contributed by atoms with E-state index >= 15 is 0 Å². The summed E-state index contributed by atoms with van der Waals surface area (Å²) in [6.07, 6.45) is 0. The van der Waals surface area contributed by atoms with E-state index in [1.165, 1.54) is 30.3 Å². The number of anilines is 2. The standard InChI is InChI=1S/C24H17ClN2O5/c1-13-5-7-17(11-20(13)25)27-22(29)18-8-6-15(10-19(18)23(27)30)24(31)32-12-21(28)14-3-2-4-16(26)9-14/h2-11H,12,26H2,1H3. The fourth-order valence-corrected chi connectivity index (χ4v) is 3.51. The minimum absolute atomic E-state index is 0.0501. The monoisotopic (exact) mass is 448 g/mol. The van der Waals surface area contributed by atoms with Crippen molar-refractivity contribution >= 4 is 46.5 Å². The maximum atomic E-state index is 12.9. The number of rotatable bonds is 5. The Morgan fingerprint density at radius 2 is 1.69 bits per heavy atom. The maximum absolute atomic E-state index is 12.9. The van der Waals surface area contributed by atoms with Crippen LogP contribution in [0.2, 0.25) is 5.02 Å². The van der Waals surface area contributed by atoms with Gasteiger partial charge in [0.05, 0.1) is 22.4 Å². The fourth-order valence-electron chi connectivity index (χ4n) is 3.33. The first-order valence-corrected chi connectivity index (χ1v) is 9.99. The van der Waals surface area contributed by atoms with Gasteiger partial charge in [0, 0.05) is 16.3 Å². The Hall–Kier alpha value is -3.97. The van der Waals surface area contributed by atoms with Gasteiger partial charge in [-0.25, -0.2) is 9.69 Å². The molecule has 3 aromatic carbocycles. The summed E-state index contributed by atoms with van der Waals surface area (Å²) in [5.41, 5.74) is 7.83. The van der Waals surface area contributed by atoms with E-state index in [2.05, 4.69) is 0 Å². The van der Waals surface area contributed by atoms with Gasteiger partial charge in [0.1, 0.15) is 0 Å². The lowest BCUT2D eigenvalue weighted by atomic mass is 10.1. The highest BCUT2D eigenvalue weighted by atomic mass is 35.5. The number of ketones is 1. The highest BCUT2D eigenvalue weighted by Crippen LogP contribution is 2.31. The van der Waals surface area contributed by atoms with Crippen molar-refractivity contribution in [3.63, 3.8) is 0 Å². The van der Waals surface area contributed by atoms with Gasteiger partial charge in [-0.1, -0.05) is 29.8 Å². The topological polar surface area (TPSA) is 107 Å². The second-order valence-corrected chi connectivity index (χ2v) is 7.67. The molecule has 0 spiro atoms. The molecule has 0 unspecified atom stereocenters. The average Bonchev–Trinajstić information content (AvgIpc) is 3.03. The van der Waals surface area contributed by atoms with Gasteiger partial charge >= 0.3 is 5.97 Å². The molecule has 0 fully saturated rings. The Bertz CT molecular complexity index is 1300. The molecule has 8 heteroatoms. The second-order valence-electron chi connectivity index (χ2n) is 7.26. The van der Waals surface area contributed by atoms with E-state index in [0.717, 1.165) is 10.5 Å². The smallest absolute Gasteiger partial charge is 0.338 e. The predicted molar refractivity (Wildman–Crippen MR) is 119 cm³/mol. The van der Waals surface area contributed by atoms with Crippen molar-refractivity contribution in [2.24, 2.45) is 0 Å². The van der Waals surface area contributed by atoms with Crippen molar-refractivity contribution in [3.05, 3.63) is 93.5 Å². The summed E-state index contributed by atoms with van der Waals surface area (Å²) in [5, 5.41) is 0.424. The summed E-state index contributed by atoms with van der Waals surface area (Å²) in [7, 11) is 0. The molecule has 2 amide bonds. The van der Waals surface area contributed by atoms with Gasteiger partial charge < -0.3 is 10.5 Å². The van der Waals surface area contributed by atoms with Crippen LogP contribution in [0.5, 0.6) is 0 Å². The van der Waals surface area contributed by atoms with Crippen LogP contribution in [0.4, 0.5) is 11.4 Å². The first-order chi connectivity index (χ1) is 15.3. The molecular weight excluding hydrogens is 432 g/mol. The number of ether oxygens (including phenoxy) is 1. The molecule has 0 bridgehead atoms. The number of nitrogens with two attached hydrogens (primary N) is 1. The van der Waals surface area contributed by atoms with Crippen LogP contribution < -0.4 is 10.6 Å². The molecule has 0 radical (unpaired) electrons. The highest BCUT2D eigenvalue weighted by Gasteiger charge is 2.37. The number of carbonyl (C=O) groups excluding carboxylic acids is 4. The molecule has 3 aromatic rings. The molecule has 0 saturated carbocycles.